The fraction of sp³-hybridized carbons (Fsp3) is 0.0909. The largest absolute Gasteiger partial charge is 0.506 e. The van der Waals surface area contributed by atoms with E-state index >= 15 is 0 Å². The van der Waals surface area contributed by atoms with Gasteiger partial charge in [-0.25, -0.2) is 0 Å². The summed E-state index contributed by atoms with van der Waals surface area (Å²) in [6, 6.07) is 17.6. The summed E-state index contributed by atoms with van der Waals surface area (Å²) < 4.78 is 26.7. The Hall–Kier alpha value is -3.38. The Kier molecular flexibility index (Phi) is 5.33. The first kappa shape index (κ1) is 21.5. The fourth-order valence-electron chi connectivity index (χ4n) is 3.68. The molecule has 168 valence electrons. The highest BCUT2D eigenvalue weighted by atomic mass is 32.3. The molecule has 9 nitrogen and oxygen atoms in total. The standard InChI is InChI=1S/C22H19N5O4S2/c1-32-17-11-14-19(28)18(20-23-15-9-5-6-10-16(15)33(30,31)26-20)22(29)27(21(14)25-24-17)12-13-7-3-2-4-8-13/h2-11,28,30-31H,12H2,1H3,(H,23,26). The van der Waals surface area contributed by atoms with Crippen molar-refractivity contribution in [1.29, 1.82) is 0 Å². The van der Waals surface area contributed by atoms with Crippen LogP contribution in [0.25, 0.3) is 11.0 Å². The minimum absolute atomic E-state index is 0.123. The maximum absolute atomic E-state index is 13.6. The molecule has 1 aliphatic heterocycles. The zero-order valence-corrected chi connectivity index (χ0v) is 19.0. The highest BCUT2D eigenvalue weighted by molar-refractivity contribution is 8.23. The van der Waals surface area contributed by atoms with Gasteiger partial charge >= 0.3 is 0 Å². The van der Waals surface area contributed by atoms with Crippen LogP contribution in [0.2, 0.25) is 0 Å². The second-order valence-electron chi connectivity index (χ2n) is 7.30. The van der Waals surface area contributed by atoms with E-state index in [2.05, 4.69) is 19.9 Å². The molecule has 0 saturated carbocycles. The predicted octanol–water partition coefficient (Wildman–Crippen LogP) is 4.16. The van der Waals surface area contributed by atoms with Crippen molar-refractivity contribution in [2.45, 2.75) is 16.5 Å². The Bertz CT molecular complexity index is 1470. The first-order chi connectivity index (χ1) is 15.9. The Labute approximate surface area is 194 Å². The van der Waals surface area contributed by atoms with Crippen LogP contribution in [0.1, 0.15) is 11.1 Å². The highest BCUT2D eigenvalue weighted by Gasteiger charge is 2.30. The summed E-state index contributed by atoms with van der Waals surface area (Å²) in [4.78, 5) is 13.9. The van der Waals surface area contributed by atoms with Crippen LogP contribution < -0.4 is 10.9 Å². The molecular formula is C22H19N5O4S2. The van der Waals surface area contributed by atoms with Gasteiger partial charge in [0.1, 0.15) is 21.2 Å². The number of benzene rings is 2. The van der Waals surface area contributed by atoms with E-state index in [9.17, 15) is 19.0 Å². The van der Waals surface area contributed by atoms with Gasteiger partial charge < -0.3 is 10.4 Å². The van der Waals surface area contributed by atoms with E-state index in [1.54, 1.807) is 30.3 Å². The first-order valence-electron chi connectivity index (χ1n) is 9.85. The van der Waals surface area contributed by atoms with Gasteiger partial charge in [0.25, 0.3) is 5.56 Å². The van der Waals surface area contributed by atoms with Crippen LogP contribution in [0.3, 0.4) is 0 Å². The lowest BCUT2D eigenvalue weighted by atomic mass is 10.1. The maximum atomic E-state index is 13.6. The molecule has 33 heavy (non-hydrogen) atoms. The quantitative estimate of drug-likeness (QED) is 0.319. The number of nitrogens with one attached hydrogen (secondary N) is 1. The van der Waals surface area contributed by atoms with Crippen molar-refractivity contribution in [3.8, 4) is 5.75 Å². The molecule has 5 rings (SSSR count). The van der Waals surface area contributed by atoms with E-state index in [0.717, 1.165) is 5.56 Å². The zero-order valence-electron chi connectivity index (χ0n) is 17.3. The number of hydrogen-bond donors (Lipinski definition) is 4. The molecule has 0 unspecified atom stereocenters. The van der Waals surface area contributed by atoms with E-state index in [1.807, 2.05) is 36.6 Å². The molecule has 0 radical (unpaired) electrons. The monoisotopic (exact) mass is 481 g/mol. The minimum Gasteiger partial charge on any atom is -0.506 e. The van der Waals surface area contributed by atoms with Crippen molar-refractivity contribution in [3.63, 3.8) is 0 Å². The van der Waals surface area contributed by atoms with Crippen molar-refractivity contribution in [2.24, 2.45) is 4.40 Å². The summed E-state index contributed by atoms with van der Waals surface area (Å²) >= 11 is 1.34. The number of nitrogens with zero attached hydrogens (tertiary/aromatic N) is 4. The number of aromatic nitrogens is 3. The number of amidine groups is 1. The summed E-state index contributed by atoms with van der Waals surface area (Å²) in [6.07, 6.45) is 1.83. The molecule has 0 amide bonds. The predicted molar refractivity (Wildman–Crippen MR) is 131 cm³/mol. The molecule has 11 heteroatoms. The van der Waals surface area contributed by atoms with Crippen molar-refractivity contribution >= 4 is 45.1 Å². The van der Waals surface area contributed by atoms with Crippen LogP contribution in [-0.2, 0) is 6.54 Å². The lowest BCUT2D eigenvalue weighted by Crippen LogP contribution is -2.32. The summed E-state index contributed by atoms with van der Waals surface area (Å²) in [5.41, 5.74) is 0.699. The second kappa shape index (κ2) is 8.19. The summed E-state index contributed by atoms with van der Waals surface area (Å²) in [6.45, 7) is 0.177. The molecule has 0 atom stereocenters. The van der Waals surface area contributed by atoms with E-state index in [4.69, 9.17) is 0 Å². The lowest BCUT2D eigenvalue weighted by molar-refractivity contribution is 0.477. The molecular weight excluding hydrogens is 462 g/mol. The van der Waals surface area contributed by atoms with Gasteiger partial charge in [0.2, 0.25) is 0 Å². The minimum atomic E-state index is -3.58. The lowest BCUT2D eigenvalue weighted by Gasteiger charge is -2.34. The molecule has 0 fully saturated rings. The number of anilines is 1. The first-order valence-corrected chi connectivity index (χ1v) is 12.6. The van der Waals surface area contributed by atoms with E-state index in [0.29, 0.717) is 16.1 Å². The molecule has 0 spiro atoms. The van der Waals surface area contributed by atoms with Crippen LogP contribution >= 0.6 is 22.5 Å². The van der Waals surface area contributed by atoms with Gasteiger partial charge in [0.05, 0.1) is 17.6 Å². The van der Waals surface area contributed by atoms with Crippen molar-refractivity contribution in [1.82, 2.24) is 14.8 Å². The van der Waals surface area contributed by atoms with Gasteiger partial charge in [-0.2, -0.15) is 0 Å². The van der Waals surface area contributed by atoms with Crippen LogP contribution in [0, 0.1) is 0 Å². The van der Waals surface area contributed by atoms with Gasteiger partial charge in [-0.1, -0.05) is 53.2 Å². The molecule has 2 aromatic heterocycles. The Morgan fingerprint density at radius 2 is 1.79 bits per heavy atom. The summed E-state index contributed by atoms with van der Waals surface area (Å²) in [7, 11) is -3.58. The average molecular weight is 482 g/mol. The molecule has 0 saturated heterocycles. The van der Waals surface area contributed by atoms with Gasteiger partial charge in [-0.05, 0) is 30.0 Å². The number of pyridine rings is 1. The third-order valence-corrected chi connectivity index (χ3v) is 7.24. The van der Waals surface area contributed by atoms with Gasteiger partial charge in [0, 0.05) is 0 Å². The maximum Gasteiger partial charge on any atom is 0.267 e. The van der Waals surface area contributed by atoms with Crippen molar-refractivity contribution in [2.75, 3.05) is 11.6 Å². The zero-order chi connectivity index (χ0) is 23.2. The summed E-state index contributed by atoms with van der Waals surface area (Å²) in [5.74, 6) is -0.479. The van der Waals surface area contributed by atoms with Crippen LogP contribution in [0.15, 0.2) is 79.8 Å². The Balaban J connectivity index is 1.78. The van der Waals surface area contributed by atoms with Crippen molar-refractivity contribution < 1.29 is 14.2 Å². The average Bonchev–Trinajstić information content (AvgIpc) is 2.82. The smallest absolute Gasteiger partial charge is 0.267 e. The molecule has 4 N–H and O–H groups in total. The third kappa shape index (κ3) is 3.74. The molecule has 3 heterocycles. The number of aromatic hydroxyl groups is 1. The number of thioether (sulfide) groups is 1. The van der Waals surface area contributed by atoms with Crippen molar-refractivity contribution in [3.05, 3.63) is 82.1 Å². The van der Waals surface area contributed by atoms with E-state index < -0.39 is 16.3 Å². The number of para-hydroxylation sites is 1. The van der Waals surface area contributed by atoms with Gasteiger partial charge in [0.15, 0.2) is 11.5 Å². The topological polar surface area (TPSA) is 133 Å². The molecule has 4 aromatic rings. The second-order valence-corrected chi connectivity index (χ2v) is 9.79. The SMILES string of the molecule is CSc1cc2c(O)c(C3=NS(O)(O)c4ccccc4N3)c(=O)n(Cc3ccccc3)c2nn1. The van der Waals surface area contributed by atoms with E-state index in [-0.39, 0.29) is 34.2 Å². The Morgan fingerprint density at radius 1 is 1.06 bits per heavy atom. The van der Waals surface area contributed by atoms with E-state index in [1.165, 1.54) is 16.3 Å². The molecule has 0 aliphatic carbocycles. The molecule has 0 bridgehead atoms. The number of hydrogen-bond acceptors (Lipinski definition) is 9. The van der Waals surface area contributed by atoms with Gasteiger partial charge in [-0.3, -0.25) is 18.5 Å². The molecule has 1 aliphatic rings. The highest BCUT2D eigenvalue weighted by Crippen LogP contribution is 2.55. The van der Waals surface area contributed by atoms with Gasteiger partial charge in [-0.15, -0.1) is 26.4 Å². The van der Waals surface area contributed by atoms with Crippen LogP contribution in [0.5, 0.6) is 5.75 Å². The summed E-state index contributed by atoms with van der Waals surface area (Å²) in [5, 5.41) is 23.3. The molecule has 2 aromatic carbocycles. The normalized spacial score (nSPS) is 15.4. The number of fused-ring (bicyclic) bond motifs is 2. The van der Waals surface area contributed by atoms with Crippen LogP contribution in [-0.4, -0.2) is 41.1 Å². The number of rotatable bonds is 4. The fourth-order valence-corrected chi connectivity index (χ4v) is 5.20. The third-order valence-electron chi connectivity index (χ3n) is 5.24. The van der Waals surface area contributed by atoms with Crippen LogP contribution in [0.4, 0.5) is 5.69 Å². The Morgan fingerprint density at radius 3 is 2.55 bits per heavy atom.